The number of thiocarbonyl (C=S) groups is 1. The molecule has 0 saturated carbocycles. The first-order chi connectivity index (χ1) is 23.6. The van der Waals surface area contributed by atoms with Crippen molar-refractivity contribution in [2.75, 3.05) is 40.3 Å². The van der Waals surface area contributed by atoms with Gasteiger partial charge in [0.25, 0.3) is 0 Å². The number of nitrogens with zero attached hydrogens (tertiary/aromatic N) is 2. The monoisotopic (exact) mass is 708 g/mol. The van der Waals surface area contributed by atoms with Crippen LogP contribution in [0.2, 0.25) is 0 Å². The largest absolute Gasteiger partial charge is 0.501 e. The second-order valence-corrected chi connectivity index (χ2v) is 13.0. The molecular formula is C43H85N3O2S. The summed E-state index contributed by atoms with van der Waals surface area (Å²) in [6, 6.07) is 0.812. The first-order valence-corrected chi connectivity index (χ1v) is 20.4. The van der Waals surface area contributed by atoms with Gasteiger partial charge in [0.1, 0.15) is 0 Å². The van der Waals surface area contributed by atoms with Crippen molar-refractivity contribution in [1.82, 2.24) is 15.1 Å². The number of carbonyl (C=O) groups is 1. The van der Waals surface area contributed by atoms with Gasteiger partial charge in [0.2, 0.25) is 5.91 Å². The van der Waals surface area contributed by atoms with Crippen molar-refractivity contribution in [3.63, 3.8) is 0 Å². The Balaban J connectivity index is -0.000000394. The van der Waals surface area contributed by atoms with E-state index in [0.717, 1.165) is 51.0 Å². The van der Waals surface area contributed by atoms with Gasteiger partial charge in [-0.3, -0.25) is 4.79 Å². The number of hydrogen-bond donors (Lipinski definition) is 1. The molecule has 290 valence electrons. The Morgan fingerprint density at radius 3 is 2.10 bits per heavy atom. The van der Waals surface area contributed by atoms with E-state index in [2.05, 4.69) is 93.8 Å². The van der Waals surface area contributed by atoms with Crippen molar-refractivity contribution in [3.05, 3.63) is 47.8 Å². The molecule has 2 aliphatic heterocycles. The van der Waals surface area contributed by atoms with Crippen LogP contribution in [0.5, 0.6) is 0 Å². The van der Waals surface area contributed by atoms with E-state index < -0.39 is 0 Å². The zero-order valence-electron chi connectivity index (χ0n) is 35.5. The fraction of sp³-hybridized carbons (Fsp3) is 0.767. The van der Waals surface area contributed by atoms with E-state index >= 15 is 0 Å². The molecule has 0 radical (unpaired) electrons. The Hall–Kier alpha value is -1.76. The number of allylic oxidation sites excluding steroid dienone is 5. The third-order valence-corrected chi connectivity index (χ3v) is 8.41. The second kappa shape index (κ2) is 37.5. The molecule has 6 heteroatoms. The minimum atomic E-state index is 0.0697. The number of fused-ring (bicyclic) bond motifs is 1. The SMILES string of the molecule is C=C1C/C(C/C(=C\C)OC)=C\C=C/CC2(C)CCC(=O)N(CCCCCC)C12.CC.CC.CC.CC1CN(C)CCN1.CC=S.CCCC. The highest BCUT2D eigenvalue weighted by Crippen LogP contribution is 2.44. The molecule has 2 saturated heterocycles. The van der Waals surface area contributed by atoms with Crippen molar-refractivity contribution in [3.8, 4) is 0 Å². The second-order valence-electron chi connectivity index (χ2n) is 12.5. The zero-order chi connectivity index (χ0) is 38.7. The lowest BCUT2D eigenvalue weighted by molar-refractivity contribution is -0.141. The van der Waals surface area contributed by atoms with Gasteiger partial charge in [-0.2, -0.15) is 0 Å². The molecule has 0 spiro atoms. The summed E-state index contributed by atoms with van der Waals surface area (Å²) in [5, 5.41) is 4.95. The first kappa shape index (κ1) is 54.0. The van der Waals surface area contributed by atoms with Gasteiger partial charge >= 0.3 is 0 Å². The Bertz CT molecular complexity index is 872. The van der Waals surface area contributed by atoms with Crippen LogP contribution in [0.15, 0.2) is 47.8 Å². The Kier molecular flexibility index (Phi) is 41.3. The van der Waals surface area contributed by atoms with Crippen molar-refractivity contribution in [2.24, 2.45) is 5.41 Å². The average Bonchev–Trinajstić information content (AvgIpc) is 3.17. The van der Waals surface area contributed by atoms with E-state index in [0.29, 0.717) is 18.4 Å². The molecule has 1 aliphatic carbocycles. The predicted octanol–water partition coefficient (Wildman–Crippen LogP) is 12.1. The summed E-state index contributed by atoms with van der Waals surface area (Å²) in [6.45, 7) is 35.9. The van der Waals surface area contributed by atoms with Crippen LogP contribution < -0.4 is 5.32 Å². The third kappa shape index (κ3) is 25.8. The van der Waals surface area contributed by atoms with Crippen LogP contribution in [0.4, 0.5) is 0 Å². The summed E-state index contributed by atoms with van der Waals surface area (Å²) in [5.74, 6) is 1.28. The maximum absolute atomic E-state index is 12.9. The van der Waals surface area contributed by atoms with E-state index in [-0.39, 0.29) is 11.5 Å². The molecule has 5 nitrogen and oxygen atoms in total. The number of unbranched alkanes of at least 4 members (excludes halogenated alkanes) is 4. The smallest absolute Gasteiger partial charge is 0.223 e. The number of likely N-dealkylation sites (tertiary alicyclic amines) is 1. The van der Waals surface area contributed by atoms with E-state index in [9.17, 15) is 4.79 Å². The molecule has 0 bridgehead atoms. The molecule has 0 aromatic heterocycles. The highest BCUT2D eigenvalue weighted by atomic mass is 32.1. The maximum Gasteiger partial charge on any atom is 0.223 e. The molecule has 1 amide bonds. The number of hydrogen-bond acceptors (Lipinski definition) is 5. The van der Waals surface area contributed by atoms with Crippen molar-refractivity contribution < 1.29 is 9.53 Å². The van der Waals surface area contributed by atoms with Gasteiger partial charge < -0.3 is 19.9 Å². The average molecular weight is 708 g/mol. The highest BCUT2D eigenvalue weighted by molar-refractivity contribution is 7.78. The van der Waals surface area contributed by atoms with Gasteiger partial charge in [0.05, 0.1) is 18.9 Å². The number of rotatable bonds is 9. The fourth-order valence-electron chi connectivity index (χ4n) is 5.83. The number of ether oxygens (including phenoxy) is 1. The van der Waals surface area contributed by atoms with Gasteiger partial charge in [0, 0.05) is 45.1 Å². The Morgan fingerprint density at radius 1 is 1.06 bits per heavy atom. The number of amides is 1. The van der Waals surface area contributed by atoms with E-state index in [1.165, 1.54) is 56.3 Å². The predicted molar refractivity (Wildman–Crippen MR) is 227 cm³/mol. The van der Waals surface area contributed by atoms with Gasteiger partial charge in [-0.1, -0.05) is 150 Å². The van der Waals surface area contributed by atoms with Crippen LogP contribution in [-0.4, -0.2) is 73.5 Å². The molecule has 2 heterocycles. The van der Waals surface area contributed by atoms with Crippen LogP contribution in [0, 0.1) is 5.41 Å². The Labute approximate surface area is 313 Å². The van der Waals surface area contributed by atoms with Gasteiger partial charge in [0.15, 0.2) is 0 Å². The van der Waals surface area contributed by atoms with Crippen molar-refractivity contribution >= 4 is 23.5 Å². The minimum Gasteiger partial charge on any atom is -0.501 e. The third-order valence-electron chi connectivity index (χ3n) is 8.41. The highest BCUT2D eigenvalue weighted by Gasteiger charge is 2.44. The first-order valence-electron chi connectivity index (χ1n) is 19.9. The van der Waals surface area contributed by atoms with E-state index in [1.807, 2.05) is 61.5 Å². The molecule has 3 rings (SSSR count). The van der Waals surface area contributed by atoms with Crippen LogP contribution in [-0.2, 0) is 9.53 Å². The summed E-state index contributed by atoms with van der Waals surface area (Å²) in [7, 11) is 3.89. The summed E-state index contributed by atoms with van der Waals surface area (Å²) in [4.78, 5) is 17.4. The number of carbonyl (C=O) groups excluding carboxylic acids is 1. The van der Waals surface area contributed by atoms with Crippen molar-refractivity contribution in [2.45, 2.75) is 173 Å². The van der Waals surface area contributed by atoms with E-state index in [4.69, 9.17) is 4.74 Å². The van der Waals surface area contributed by atoms with E-state index in [1.54, 1.807) is 12.5 Å². The molecule has 3 unspecified atom stereocenters. The maximum atomic E-state index is 12.9. The van der Waals surface area contributed by atoms with Crippen LogP contribution in [0.1, 0.15) is 161 Å². The van der Waals surface area contributed by atoms with Crippen LogP contribution in [0.25, 0.3) is 0 Å². The number of likely N-dealkylation sites (N-methyl/N-ethyl adjacent to an activating group) is 1. The summed E-state index contributed by atoms with van der Waals surface area (Å²) in [6.07, 6.45) is 20.3. The molecule has 49 heavy (non-hydrogen) atoms. The quantitative estimate of drug-likeness (QED) is 0.112. The molecule has 0 aromatic rings. The Morgan fingerprint density at radius 2 is 1.65 bits per heavy atom. The van der Waals surface area contributed by atoms with Crippen molar-refractivity contribution in [1.29, 1.82) is 0 Å². The van der Waals surface area contributed by atoms with Crippen LogP contribution >= 0.6 is 12.2 Å². The lowest BCUT2D eigenvalue weighted by atomic mass is 9.69. The molecule has 1 N–H and O–H groups in total. The lowest BCUT2D eigenvalue weighted by Crippen LogP contribution is -2.54. The number of methoxy groups -OCH3 is 1. The molecular weight excluding hydrogens is 623 g/mol. The van der Waals surface area contributed by atoms with Gasteiger partial charge in [-0.05, 0) is 70.4 Å². The number of nitrogens with one attached hydrogen (secondary N) is 1. The summed E-state index contributed by atoms with van der Waals surface area (Å²) >= 11 is 4.27. The lowest BCUT2D eigenvalue weighted by Gasteiger charge is -2.49. The fourth-order valence-corrected chi connectivity index (χ4v) is 5.83. The number of piperazine rings is 1. The normalized spacial score (nSPS) is 23.4. The molecule has 3 atom stereocenters. The summed E-state index contributed by atoms with van der Waals surface area (Å²) in [5.41, 5.74) is 2.54. The zero-order valence-corrected chi connectivity index (χ0v) is 36.3. The molecule has 2 fully saturated rings. The summed E-state index contributed by atoms with van der Waals surface area (Å²) < 4.78 is 5.48. The molecule has 3 aliphatic rings. The topological polar surface area (TPSA) is 44.8 Å². The van der Waals surface area contributed by atoms with Crippen LogP contribution in [0.3, 0.4) is 0 Å². The minimum absolute atomic E-state index is 0.0697. The standard InChI is InChI=1S/C25H39NO2.C6H14N2.C4H10.C2H4S.3C2H6/c1-6-8-9-12-17-26-23(27)14-16-25(4)15-11-10-13-21(18-20(3)24(25)26)19-22(7-2)28-5;1-6-5-8(2)4-3-7-6;1-3-4-2;1-2-3;3*1-2/h7,10-11,13,24H,3,6,8-9,12,14-19H2,1-2,4-5H3;6-7H,3-5H2,1-2H3;3-4H2,1-2H3;2H,1H3;3*1-2H3/b11-10-,21-13+,22-7+;;;;;;. The van der Waals surface area contributed by atoms with Gasteiger partial charge in [-0.25, -0.2) is 0 Å². The molecule has 0 aromatic carbocycles. The number of piperidine rings is 1. The van der Waals surface area contributed by atoms with Gasteiger partial charge in [-0.15, -0.1) is 0 Å².